The number of primary amides is 1. The first-order valence-electron chi connectivity index (χ1n) is 3.35. The summed E-state index contributed by atoms with van der Waals surface area (Å²) in [5.74, 6) is 0. The molecule has 1 saturated heterocycles. The van der Waals surface area contributed by atoms with Gasteiger partial charge in [-0.2, -0.15) is 0 Å². The van der Waals surface area contributed by atoms with Gasteiger partial charge >= 0.3 is 35.6 Å². The van der Waals surface area contributed by atoms with E-state index in [0.29, 0.717) is 0 Å². The van der Waals surface area contributed by atoms with Gasteiger partial charge in [-0.3, -0.25) is 0 Å². The Hall–Kier alpha value is 0.270. The number of carbonyl (C=O) groups is 1. The van der Waals surface area contributed by atoms with E-state index in [-0.39, 0.29) is 37.0 Å². The van der Waals surface area contributed by atoms with Crippen LogP contribution in [0.3, 0.4) is 0 Å². The quantitative estimate of drug-likeness (QED) is 0.389. The smallest absolute Gasteiger partial charge is 1.00 e. The molecule has 0 saturated carbocycles. The van der Waals surface area contributed by atoms with Crippen LogP contribution >= 0.6 is 0 Å². The van der Waals surface area contributed by atoms with Crippen molar-refractivity contribution in [3.63, 3.8) is 0 Å². The fourth-order valence-corrected chi connectivity index (χ4v) is 1.11. The van der Waals surface area contributed by atoms with Crippen LogP contribution in [0.15, 0.2) is 0 Å². The number of piperidine rings is 1. The molecule has 0 aromatic carbocycles. The van der Waals surface area contributed by atoms with Crippen LogP contribution in [0.4, 0.5) is 4.79 Å². The first kappa shape index (κ1) is 10.3. The monoisotopic (exact) mass is 152 g/mol. The number of likely N-dealkylation sites (tertiary alicyclic amines) is 1. The van der Waals surface area contributed by atoms with Crippen LogP contribution in [0.1, 0.15) is 20.7 Å². The zero-order valence-corrected chi connectivity index (χ0v) is 8.47. The van der Waals surface area contributed by atoms with Crippen LogP contribution in [0, 0.1) is 0 Å². The number of urea groups is 1. The Morgan fingerprint density at radius 3 is 2.10 bits per heavy atom. The Labute approximate surface area is 84.7 Å². The van der Waals surface area contributed by atoms with E-state index in [4.69, 9.17) is 5.73 Å². The number of nitrogens with two attached hydrogens (primary N) is 1. The summed E-state index contributed by atoms with van der Waals surface area (Å²) in [7, 11) is 0. The molecule has 2 N–H and O–H groups in total. The van der Waals surface area contributed by atoms with Gasteiger partial charge in [-0.1, -0.05) is 0 Å². The average molecular weight is 152 g/mol. The average Bonchev–Trinajstić information content (AvgIpc) is 1.90. The summed E-state index contributed by atoms with van der Waals surface area (Å²) in [6, 6.07) is -0.269. The zero-order valence-electron chi connectivity index (χ0n) is 7.47. The van der Waals surface area contributed by atoms with Crippen LogP contribution in [-0.2, 0) is 0 Å². The van der Waals surface area contributed by atoms with Crippen LogP contribution in [0.5, 0.6) is 0 Å². The van der Waals surface area contributed by atoms with E-state index < -0.39 is 0 Å². The molecule has 0 unspecified atom stereocenters. The van der Waals surface area contributed by atoms with E-state index in [1.165, 1.54) is 6.42 Å². The standard InChI is InChI=1S/C6H12N2O.Na.H/c7-6(9)8-4-2-1-3-5-8;;/h1-5H2,(H2,7,9);;/q;+1;-1. The summed E-state index contributed by atoms with van der Waals surface area (Å²) in [6.07, 6.45) is 3.47. The molecular formula is C6H13N2NaO. The van der Waals surface area contributed by atoms with E-state index >= 15 is 0 Å². The van der Waals surface area contributed by atoms with Gasteiger partial charge in [0.15, 0.2) is 0 Å². The second kappa shape index (κ2) is 4.99. The van der Waals surface area contributed by atoms with Gasteiger partial charge in [0.05, 0.1) is 0 Å². The van der Waals surface area contributed by atoms with Crippen LogP contribution in [-0.4, -0.2) is 24.0 Å². The van der Waals surface area contributed by atoms with Gasteiger partial charge in [-0.25, -0.2) is 4.79 Å². The van der Waals surface area contributed by atoms with Crippen molar-refractivity contribution >= 4 is 6.03 Å². The third kappa shape index (κ3) is 2.90. The normalized spacial score (nSPS) is 17.8. The molecule has 0 atom stereocenters. The molecule has 2 amide bonds. The van der Waals surface area contributed by atoms with Gasteiger partial charge in [0.25, 0.3) is 0 Å². The number of carbonyl (C=O) groups excluding carboxylic acids is 1. The van der Waals surface area contributed by atoms with Crippen molar-refractivity contribution < 1.29 is 35.8 Å². The molecule has 0 aliphatic carbocycles. The van der Waals surface area contributed by atoms with Crippen molar-refractivity contribution in [3.05, 3.63) is 0 Å². The van der Waals surface area contributed by atoms with Crippen LogP contribution in [0.2, 0.25) is 0 Å². The summed E-state index contributed by atoms with van der Waals surface area (Å²) in [5, 5.41) is 0. The van der Waals surface area contributed by atoms with Gasteiger partial charge in [-0.15, -0.1) is 0 Å². The Morgan fingerprint density at radius 2 is 1.80 bits per heavy atom. The van der Waals surface area contributed by atoms with E-state index in [1.54, 1.807) is 4.90 Å². The fourth-order valence-electron chi connectivity index (χ4n) is 1.11. The predicted molar refractivity (Wildman–Crippen MR) is 36.1 cm³/mol. The number of hydrogen-bond donors (Lipinski definition) is 1. The van der Waals surface area contributed by atoms with E-state index in [1.807, 2.05) is 0 Å². The molecule has 1 aliphatic heterocycles. The van der Waals surface area contributed by atoms with Crippen LogP contribution < -0.4 is 35.3 Å². The van der Waals surface area contributed by atoms with Gasteiger partial charge < -0.3 is 12.1 Å². The third-order valence-corrected chi connectivity index (χ3v) is 1.67. The van der Waals surface area contributed by atoms with E-state index in [9.17, 15) is 4.79 Å². The summed E-state index contributed by atoms with van der Waals surface area (Å²) >= 11 is 0. The molecule has 3 nitrogen and oxygen atoms in total. The summed E-state index contributed by atoms with van der Waals surface area (Å²) in [6.45, 7) is 1.71. The molecule has 0 radical (unpaired) electrons. The number of rotatable bonds is 0. The molecular weight excluding hydrogens is 139 g/mol. The second-order valence-electron chi connectivity index (χ2n) is 2.39. The van der Waals surface area contributed by atoms with E-state index in [2.05, 4.69) is 0 Å². The van der Waals surface area contributed by atoms with Gasteiger partial charge in [0, 0.05) is 13.1 Å². The van der Waals surface area contributed by atoms with Crippen molar-refractivity contribution in [2.24, 2.45) is 5.73 Å². The van der Waals surface area contributed by atoms with Crippen molar-refractivity contribution in [1.29, 1.82) is 0 Å². The first-order chi connectivity index (χ1) is 4.30. The molecule has 1 heterocycles. The topological polar surface area (TPSA) is 46.3 Å². The summed E-state index contributed by atoms with van der Waals surface area (Å²) in [4.78, 5) is 12.2. The molecule has 0 spiro atoms. The first-order valence-corrected chi connectivity index (χ1v) is 3.35. The second-order valence-corrected chi connectivity index (χ2v) is 2.39. The third-order valence-electron chi connectivity index (χ3n) is 1.67. The molecule has 0 aromatic rings. The molecule has 0 aromatic heterocycles. The maximum absolute atomic E-state index is 10.5. The molecule has 10 heavy (non-hydrogen) atoms. The number of hydrogen-bond acceptors (Lipinski definition) is 1. The Balaban J connectivity index is 0. The minimum Gasteiger partial charge on any atom is -1.00 e. The minimum atomic E-state index is -0.269. The Morgan fingerprint density at radius 1 is 1.30 bits per heavy atom. The van der Waals surface area contributed by atoms with Gasteiger partial charge in [-0.05, 0) is 19.3 Å². The van der Waals surface area contributed by atoms with Gasteiger partial charge in [0.1, 0.15) is 0 Å². The van der Waals surface area contributed by atoms with Crippen molar-refractivity contribution in [2.45, 2.75) is 19.3 Å². The maximum atomic E-state index is 10.5. The largest absolute Gasteiger partial charge is 1.00 e. The molecule has 4 heteroatoms. The molecule has 1 aliphatic rings. The molecule has 54 valence electrons. The minimum absolute atomic E-state index is 0. The number of amides is 2. The molecule has 1 rings (SSSR count). The molecule has 1 fully saturated rings. The van der Waals surface area contributed by atoms with Crippen molar-refractivity contribution in [3.8, 4) is 0 Å². The maximum Gasteiger partial charge on any atom is 1.00 e. The van der Waals surface area contributed by atoms with Gasteiger partial charge in [0.2, 0.25) is 0 Å². The Kier molecular flexibility index (Phi) is 5.13. The summed E-state index contributed by atoms with van der Waals surface area (Å²) in [5.41, 5.74) is 5.05. The van der Waals surface area contributed by atoms with E-state index in [0.717, 1.165) is 25.9 Å². The van der Waals surface area contributed by atoms with Crippen molar-refractivity contribution in [2.75, 3.05) is 13.1 Å². The number of nitrogens with zero attached hydrogens (tertiary/aromatic N) is 1. The zero-order chi connectivity index (χ0) is 6.69. The van der Waals surface area contributed by atoms with Crippen LogP contribution in [0.25, 0.3) is 0 Å². The summed E-state index contributed by atoms with van der Waals surface area (Å²) < 4.78 is 0. The fraction of sp³-hybridized carbons (Fsp3) is 0.833. The predicted octanol–water partition coefficient (Wildman–Crippen LogP) is -2.33. The van der Waals surface area contributed by atoms with Crippen molar-refractivity contribution in [1.82, 2.24) is 4.90 Å². The molecule has 0 bridgehead atoms. The Bertz CT molecular complexity index is 117. The SMILES string of the molecule is NC(=O)N1CCCCC1.[H-].[Na+].